The van der Waals surface area contributed by atoms with E-state index in [9.17, 15) is 4.79 Å². The van der Waals surface area contributed by atoms with Crippen LogP contribution in [-0.2, 0) is 11.5 Å². The van der Waals surface area contributed by atoms with Gasteiger partial charge in [0.15, 0.2) is 0 Å². The Balaban J connectivity index is 3.02. The topological polar surface area (TPSA) is 46.5 Å². The van der Waals surface area contributed by atoms with Gasteiger partial charge < -0.3 is 0 Å². The van der Waals surface area contributed by atoms with Gasteiger partial charge in [0.05, 0.1) is 0 Å². The number of aldehydes is 1. The molecule has 0 unspecified atom stereocenters. The van der Waals surface area contributed by atoms with E-state index >= 15 is 0 Å². The van der Waals surface area contributed by atoms with Crippen LogP contribution in [0.4, 0.5) is 0 Å². The van der Waals surface area contributed by atoms with Crippen LogP contribution in [0.1, 0.15) is 21.5 Å². The summed E-state index contributed by atoms with van der Waals surface area (Å²) in [5, 5.41) is 8.19. The smallest absolute Gasteiger partial charge is 0.150 e. The van der Waals surface area contributed by atoms with Crippen LogP contribution in [0.2, 0.25) is 0 Å². The maximum atomic E-state index is 10.5. The molecule has 12 heavy (non-hydrogen) atoms. The number of hydrogen-bond donors (Lipinski definition) is 1. The average Bonchev–Trinajstić information content (AvgIpc) is 2.08. The van der Waals surface area contributed by atoms with Gasteiger partial charge in [0, 0.05) is 5.56 Å². The molecule has 0 saturated heterocycles. The Labute approximate surface area is 70.5 Å². The maximum Gasteiger partial charge on any atom is 0.150 e. The molecule has 1 aromatic rings. The first kappa shape index (κ1) is 8.90. The summed E-state index contributed by atoms with van der Waals surface area (Å²) in [5.41, 5.74) is 2.26. The number of rotatable bonds is 3. The van der Waals surface area contributed by atoms with Crippen LogP contribution in [0.25, 0.3) is 0 Å². The lowest BCUT2D eigenvalue weighted by molar-refractivity contribution is -0.253. The van der Waals surface area contributed by atoms with Crippen molar-refractivity contribution in [3.05, 3.63) is 34.9 Å². The fraction of sp³-hybridized carbons (Fsp3) is 0.222. The molecule has 0 radical (unpaired) electrons. The quantitative estimate of drug-likeness (QED) is 0.423. The van der Waals surface area contributed by atoms with Crippen LogP contribution in [0.15, 0.2) is 18.2 Å². The highest BCUT2D eigenvalue weighted by atomic mass is 17.1. The van der Waals surface area contributed by atoms with Crippen LogP contribution in [0.3, 0.4) is 0 Å². The second-order valence-electron chi connectivity index (χ2n) is 2.59. The highest BCUT2D eigenvalue weighted by Gasteiger charge is 2.00. The Bertz CT molecular complexity index is 281. The fourth-order valence-electron chi connectivity index (χ4n) is 1.03. The highest BCUT2D eigenvalue weighted by Crippen LogP contribution is 2.10. The number of carbonyl (C=O) groups is 1. The van der Waals surface area contributed by atoms with Gasteiger partial charge >= 0.3 is 0 Å². The van der Waals surface area contributed by atoms with E-state index in [0.29, 0.717) is 11.1 Å². The van der Waals surface area contributed by atoms with Crippen molar-refractivity contribution >= 4 is 6.29 Å². The molecule has 1 N–H and O–H groups in total. The minimum atomic E-state index is 0.0500. The van der Waals surface area contributed by atoms with Crippen molar-refractivity contribution in [2.24, 2.45) is 0 Å². The molecule has 0 aliphatic heterocycles. The summed E-state index contributed by atoms with van der Waals surface area (Å²) >= 11 is 0. The number of aryl methyl sites for hydroxylation is 1. The summed E-state index contributed by atoms with van der Waals surface area (Å²) in [4.78, 5) is 14.5. The van der Waals surface area contributed by atoms with E-state index in [-0.39, 0.29) is 6.61 Å². The highest BCUT2D eigenvalue weighted by molar-refractivity contribution is 5.77. The van der Waals surface area contributed by atoms with Gasteiger partial charge in [0.2, 0.25) is 0 Å². The van der Waals surface area contributed by atoms with Crippen molar-refractivity contribution in [3.8, 4) is 0 Å². The maximum absolute atomic E-state index is 10.5. The summed E-state index contributed by atoms with van der Waals surface area (Å²) in [6.07, 6.45) is 0.751. The van der Waals surface area contributed by atoms with Crippen LogP contribution < -0.4 is 0 Å². The molecule has 0 saturated carbocycles. The molecular weight excluding hydrogens is 156 g/mol. The van der Waals surface area contributed by atoms with Gasteiger partial charge in [-0.2, -0.15) is 0 Å². The third-order valence-electron chi connectivity index (χ3n) is 1.65. The van der Waals surface area contributed by atoms with Gasteiger partial charge in [-0.15, -0.1) is 0 Å². The van der Waals surface area contributed by atoms with E-state index in [0.717, 1.165) is 11.8 Å². The zero-order chi connectivity index (χ0) is 8.97. The molecule has 1 rings (SSSR count). The van der Waals surface area contributed by atoms with Crippen LogP contribution in [0, 0.1) is 6.92 Å². The SMILES string of the molecule is Cc1ccc(COO)c(C=O)c1. The zero-order valence-electron chi connectivity index (χ0n) is 6.78. The molecule has 0 aliphatic rings. The van der Waals surface area contributed by atoms with E-state index < -0.39 is 0 Å². The molecule has 0 bridgehead atoms. The molecule has 0 fully saturated rings. The molecule has 1 aromatic carbocycles. The fourth-order valence-corrected chi connectivity index (χ4v) is 1.03. The summed E-state index contributed by atoms with van der Waals surface area (Å²) in [7, 11) is 0. The summed E-state index contributed by atoms with van der Waals surface area (Å²) < 4.78 is 0. The van der Waals surface area contributed by atoms with Gasteiger partial charge in [-0.3, -0.25) is 10.1 Å². The standard InChI is InChI=1S/C9H10O3/c1-7-2-3-8(6-12-11)9(4-7)5-10/h2-5,11H,6H2,1H3. The van der Waals surface area contributed by atoms with Crippen LogP contribution >= 0.6 is 0 Å². The van der Waals surface area contributed by atoms with Crippen LogP contribution in [0.5, 0.6) is 0 Å². The number of hydrogen-bond acceptors (Lipinski definition) is 3. The molecule has 0 heterocycles. The first-order valence-corrected chi connectivity index (χ1v) is 3.59. The summed E-state index contributed by atoms with van der Waals surface area (Å²) in [6, 6.07) is 5.37. The summed E-state index contributed by atoms with van der Waals surface area (Å²) in [5.74, 6) is 0. The minimum Gasteiger partial charge on any atom is -0.298 e. The Hall–Kier alpha value is -1.19. The lowest BCUT2D eigenvalue weighted by Gasteiger charge is -2.02. The van der Waals surface area contributed by atoms with Gasteiger partial charge in [0.1, 0.15) is 12.9 Å². The molecule has 0 aliphatic carbocycles. The Kier molecular flexibility index (Phi) is 2.96. The third kappa shape index (κ3) is 1.90. The van der Waals surface area contributed by atoms with Crippen LogP contribution in [-0.4, -0.2) is 11.5 Å². The van der Waals surface area contributed by atoms with E-state index in [1.165, 1.54) is 0 Å². The second-order valence-corrected chi connectivity index (χ2v) is 2.59. The van der Waals surface area contributed by atoms with Crippen molar-refractivity contribution in [2.75, 3.05) is 0 Å². The Morgan fingerprint density at radius 2 is 2.33 bits per heavy atom. The van der Waals surface area contributed by atoms with E-state index in [1.54, 1.807) is 12.1 Å². The number of carbonyl (C=O) groups excluding carboxylic acids is 1. The van der Waals surface area contributed by atoms with Crippen molar-refractivity contribution in [1.29, 1.82) is 0 Å². The van der Waals surface area contributed by atoms with Gasteiger partial charge in [-0.25, -0.2) is 4.89 Å². The first-order valence-electron chi connectivity index (χ1n) is 3.59. The van der Waals surface area contributed by atoms with E-state index in [1.807, 2.05) is 13.0 Å². The Morgan fingerprint density at radius 1 is 1.58 bits per heavy atom. The van der Waals surface area contributed by atoms with E-state index in [2.05, 4.69) is 4.89 Å². The van der Waals surface area contributed by atoms with Crippen molar-refractivity contribution < 1.29 is 14.9 Å². The zero-order valence-corrected chi connectivity index (χ0v) is 6.78. The normalized spacial score (nSPS) is 9.83. The third-order valence-corrected chi connectivity index (χ3v) is 1.65. The first-order chi connectivity index (χ1) is 5.77. The largest absolute Gasteiger partial charge is 0.298 e. The van der Waals surface area contributed by atoms with Gasteiger partial charge in [-0.1, -0.05) is 17.7 Å². The molecule has 3 nitrogen and oxygen atoms in total. The molecule has 0 amide bonds. The lowest BCUT2D eigenvalue weighted by atomic mass is 10.1. The van der Waals surface area contributed by atoms with E-state index in [4.69, 9.17) is 5.26 Å². The molecule has 0 spiro atoms. The molecule has 64 valence electrons. The second kappa shape index (κ2) is 3.99. The number of benzene rings is 1. The van der Waals surface area contributed by atoms with Crippen molar-refractivity contribution in [3.63, 3.8) is 0 Å². The summed E-state index contributed by atoms with van der Waals surface area (Å²) in [6.45, 7) is 1.95. The molecule has 0 aromatic heterocycles. The molecule has 3 heteroatoms. The molecular formula is C9H10O3. The van der Waals surface area contributed by atoms with Crippen molar-refractivity contribution in [1.82, 2.24) is 0 Å². The monoisotopic (exact) mass is 166 g/mol. The van der Waals surface area contributed by atoms with Crippen molar-refractivity contribution in [2.45, 2.75) is 13.5 Å². The minimum absolute atomic E-state index is 0.0500. The molecule has 0 atom stereocenters. The van der Waals surface area contributed by atoms with Gasteiger partial charge in [-0.05, 0) is 18.6 Å². The Morgan fingerprint density at radius 3 is 2.92 bits per heavy atom. The van der Waals surface area contributed by atoms with Gasteiger partial charge in [0.25, 0.3) is 0 Å². The predicted molar refractivity (Wildman–Crippen MR) is 44.0 cm³/mol. The lowest BCUT2D eigenvalue weighted by Crippen LogP contribution is -1.95. The average molecular weight is 166 g/mol. The predicted octanol–water partition coefficient (Wildman–Crippen LogP) is 1.80.